The van der Waals surface area contributed by atoms with Gasteiger partial charge in [-0.25, -0.2) is 18.6 Å². The molecule has 0 bridgehead atoms. The number of aromatic nitrogens is 1. The lowest BCUT2D eigenvalue weighted by Gasteiger charge is -2.50. The highest BCUT2D eigenvalue weighted by Crippen LogP contribution is 2.50. The van der Waals surface area contributed by atoms with E-state index in [1.165, 1.54) is 29.3 Å². The number of benzene rings is 1. The molecule has 0 radical (unpaired) electrons. The number of Topliss-reactive ketones (excluding diaryl/α,β-unsaturated/α-hetero) is 1. The van der Waals surface area contributed by atoms with Crippen LogP contribution in [-0.4, -0.2) is 52.7 Å². The number of halogens is 3. The lowest BCUT2D eigenvalue weighted by Crippen LogP contribution is -2.66. The molecule has 1 saturated carbocycles. The summed E-state index contributed by atoms with van der Waals surface area (Å²) in [7, 11) is 3.25. The third-order valence-corrected chi connectivity index (χ3v) is 7.09. The highest BCUT2D eigenvalue weighted by atomic mass is 19.3. The lowest BCUT2D eigenvalue weighted by atomic mass is 9.70. The summed E-state index contributed by atoms with van der Waals surface area (Å²) in [5.41, 5.74) is 3.54. The van der Waals surface area contributed by atoms with Crippen molar-refractivity contribution >= 4 is 23.3 Å². The van der Waals surface area contributed by atoms with E-state index >= 15 is 0 Å². The number of rotatable bonds is 8. The Balaban J connectivity index is 1.63. The highest BCUT2D eigenvalue weighted by Gasteiger charge is 2.60. The van der Waals surface area contributed by atoms with Gasteiger partial charge in [-0.15, -0.1) is 0 Å². The number of fused-ring (bicyclic) bond motifs is 1. The maximum Gasteiger partial charge on any atom is 0.294 e. The van der Waals surface area contributed by atoms with Gasteiger partial charge < -0.3 is 20.2 Å². The molecule has 8 nitrogen and oxygen atoms in total. The maximum absolute atomic E-state index is 14.0. The maximum atomic E-state index is 14.0. The van der Waals surface area contributed by atoms with Gasteiger partial charge in [0.05, 0.1) is 22.5 Å². The molecule has 0 unspecified atom stereocenters. The van der Waals surface area contributed by atoms with Gasteiger partial charge in [0, 0.05) is 44.9 Å². The van der Waals surface area contributed by atoms with Crippen molar-refractivity contribution in [2.45, 2.75) is 57.5 Å². The average Bonchev–Trinajstić information content (AvgIpc) is 3.38. The number of nitrogens with zero attached hydrogens (tertiary/aromatic N) is 2. The zero-order valence-corrected chi connectivity index (χ0v) is 21.2. The molecule has 4 rings (SSSR count). The molecular formula is C26H30F3N5O3. The fourth-order valence-corrected chi connectivity index (χ4v) is 5.50. The summed E-state index contributed by atoms with van der Waals surface area (Å²) < 4.78 is 43.0. The number of anilines is 1. The molecule has 0 spiro atoms. The molecule has 198 valence electrons. The molecule has 2 amide bonds. The molecule has 1 aromatic carbocycles. The fraction of sp³-hybridized carbons (Fsp3) is 0.423. The Morgan fingerprint density at radius 1 is 1.14 bits per heavy atom. The van der Waals surface area contributed by atoms with Crippen molar-refractivity contribution in [3.8, 4) is 0 Å². The molecule has 2 heterocycles. The zero-order valence-electron chi connectivity index (χ0n) is 21.2. The van der Waals surface area contributed by atoms with Crippen LogP contribution in [0.4, 0.5) is 18.9 Å². The van der Waals surface area contributed by atoms with Gasteiger partial charge in [0.15, 0.2) is 0 Å². The first-order chi connectivity index (χ1) is 17.4. The molecule has 2 aromatic rings. The van der Waals surface area contributed by atoms with E-state index in [1.807, 2.05) is 0 Å². The summed E-state index contributed by atoms with van der Waals surface area (Å²) in [5.74, 6) is -5.80. The molecule has 0 atom stereocenters. The molecule has 11 heteroatoms. The van der Waals surface area contributed by atoms with Gasteiger partial charge in [0.25, 0.3) is 23.5 Å². The van der Waals surface area contributed by atoms with Gasteiger partial charge in [-0.3, -0.25) is 14.4 Å². The Morgan fingerprint density at radius 2 is 1.78 bits per heavy atom. The number of hydrogen-bond acceptors (Lipinski definition) is 5. The van der Waals surface area contributed by atoms with Gasteiger partial charge in [0.1, 0.15) is 5.82 Å². The number of likely N-dealkylation sites (N-methyl/N-ethyl adjacent to an activating group) is 1. The zero-order chi connectivity index (χ0) is 27.1. The van der Waals surface area contributed by atoms with Crippen LogP contribution in [-0.2, 0) is 17.8 Å². The summed E-state index contributed by atoms with van der Waals surface area (Å²) >= 11 is 0. The Morgan fingerprint density at radius 3 is 2.35 bits per heavy atom. The van der Waals surface area contributed by atoms with Gasteiger partial charge >= 0.3 is 0 Å². The molecule has 1 fully saturated rings. The van der Waals surface area contributed by atoms with E-state index in [4.69, 9.17) is 0 Å². The van der Waals surface area contributed by atoms with Crippen molar-refractivity contribution < 1.29 is 27.6 Å². The van der Waals surface area contributed by atoms with E-state index < -0.39 is 47.7 Å². The Kier molecular flexibility index (Phi) is 6.93. The van der Waals surface area contributed by atoms with E-state index in [2.05, 4.69) is 16.1 Å². The van der Waals surface area contributed by atoms with Crippen LogP contribution < -0.4 is 16.1 Å². The van der Waals surface area contributed by atoms with Gasteiger partial charge in [-0.2, -0.15) is 0 Å². The number of amides is 2. The van der Waals surface area contributed by atoms with Gasteiger partial charge in [0.2, 0.25) is 0 Å². The molecule has 1 aromatic heterocycles. The first-order valence-electron chi connectivity index (χ1n) is 12.0. The SMILES string of the molecule is C/C=C(\N(C)NC)C1(NC(=O)C(=O)c2c(C)c(C(=O)Nc3ccc(F)cc3)c3n2CCC3)CC(F)(F)C1. The second-order valence-electron chi connectivity index (χ2n) is 9.54. The van der Waals surface area contributed by atoms with Crippen LogP contribution in [0.1, 0.15) is 58.3 Å². The van der Waals surface area contributed by atoms with Crippen molar-refractivity contribution in [3.63, 3.8) is 0 Å². The van der Waals surface area contributed by atoms with Crippen LogP contribution in [0.5, 0.6) is 0 Å². The number of alkyl halides is 2. The monoisotopic (exact) mass is 517 g/mol. The first kappa shape index (κ1) is 26.5. The van der Waals surface area contributed by atoms with E-state index in [9.17, 15) is 27.6 Å². The second kappa shape index (κ2) is 9.70. The minimum atomic E-state index is -2.98. The Labute approximate surface area is 212 Å². The molecule has 1 aliphatic heterocycles. The molecule has 0 saturated heterocycles. The summed E-state index contributed by atoms with van der Waals surface area (Å²) in [5, 5.41) is 6.82. The molecule has 3 N–H and O–H groups in total. The van der Waals surface area contributed by atoms with Crippen LogP contribution in [0.3, 0.4) is 0 Å². The Hall–Kier alpha value is -3.60. The molecular weight excluding hydrogens is 487 g/mol. The number of carbonyl (C=O) groups excluding carboxylic acids is 3. The summed E-state index contributed by atoms with van der Waals surface area (Å²) in [6.07, 6.45) is 1.56. The van der Waals surface area contributed by atoms with Crippen molar-refractivity contribution in [1.29, 1.82) is 0 Å². The minimum Gasteiger partial charge on any atom is -0.341 e. The fourth-order valence-electron chi connectivity index (χ4n) is 5.50. The van der Waals surface area contributed by atoms with E-state index in [0.717, 1.165) is 0 Å². The van der Waals surface area contributed by atoms with Crippen LogP contribution in [0.25, 0.3) is 0 Å². The average molecular weight is 518 g/mol. The second-order valence-corrected chi connectivity index (χ2v) is 9.54. The van der Waals surface area contributed by atoms with Crippen molar-refractivity contribution in [3.05, 3.63) is 64.4 Å². The standard InChI is InChI=1S/C26H30F3N5O3/c1-5-19(33(4)30-3)25(13-26(28,29)14-25)32-24(37)22(35)21-15(2)20(18-7-6-12-34(18)21)23(36)31-17-10-8-16(27)9-11-17/h5,8-11,30H,6-7,12-14H2,1-4H3,(H,31,36)(H,32,37)/b19-5-. The largest absolute Gasteiger partial charge is 0.341 e. The van der Waals surface area contributed by atoms with E-state index in [0.29, 0.717) is 42.0 Å². The minimum absolute atomic E-state index is 0.0690. The number of ketones is 1. The lowest BCUT2D eigenvalue weighted by molar-refractivity contribution is -0.141. The van der Waals surface area contributed by atoms with Crippen LogP contribution >= 0.6 is 0 Å². The first-order valence-corrected chi connectivity index (χ1v) is 12.0. The summed E-state index contributed by atoms with van der Waals surface area (Å²) in [6, 6.07) is 5.28. The molecule has 2 aliphatic rings. The smallest absolute Gasteiger partial charge is 0.294 e. The summed E-state index contributed by atoms with van der Waals surface area (Å²) in [6.45, 7) is 3.70. The van der Waals surface area contributed by atoms with Crippen LogP contribution in [0, 0.1) is 12.7 Å². The Bertz CT molecular complexity index is 1280. The van der Waals surface area contributed by atoms with E-state index in [1.54, 1.807) is 38.6 Å². The summed E-state index contributed by atoms with van der Waals surface area (Å²) in [4.78, 5) is 39.8. The highest BCUT2D eigenvalue weighted by molar-refractivity contribution is 6.43. The third kappa shape index (κ3) is 4.75. The topological polar surface area (TPSA) is 95.5 Å². The predicted molar refractivity (Wildman–Crippen MR) is 132 cm³/mol. The molecule has 1 aliphatic carbocycles. The van der Waals surface area contributed by atoms with Crippen molar-refractivity contribution in [2.75, 3.05) is 19.4 Å². The van der Waals surface area contributed by atoms with Crippen LogP contribution in [0.2, 0.25) is 0 Å². The number of carbonyl (C=O) groups is 3. The number of allylic oxidation sites excluding steroid dienone is 1. The van der Waals surface area contributed by atoms with Crippen LogP contribution in [0.15, 0.2) is 36.0 Å². The number of hydrogen-bond donors (Lipinski definition) is 3. The molecule has 37 heavy (non-hydrogen) atoms. The predicted octanol–water partition coefficient (Wildman–Crippen LogP) is 3.57. The number of nitrogens with one attached hydrogen (secondary N) is 3. The third-order valence-electron chi connectivity index (χ3n) is 7.09. The van der Waals surface area contributed by atoms with Crippen molar-refractivity contribution in [1.82, 2.24) is 20.3 Å². The van der Waals surface area contributed by atoms with Crippen molar-refractivity contribution in [2.24, 2.45) is 0 Å². The van der Waals surface area contributed by atoms with Gasteiger partial charge in [-0.05, 0) is 56.5 Å². The van der Waals surface area contributed by atoms with E-state index in [-0.39, 0.29) is 11.3 Å². The van der Waals surface area contributed by atoms with Gasteiger partial charge in [-0.1, -0.05) is 6.08 Å². The normalized spacial score (nSPS) is 17.5. The number of hydrazine groups is 1. The quantitative estimate of drug-likeness (QED) is 0.283.